The standard InChI is InChI=1S/C54H42S6/c1-33(2)35-5-9-37(10-6-35)39-13-17-41(18-14-39)43-21-23-45(55-43)47-25-27-49(57-47)51-29-31-53(59-51)54-32-30-52(60-54)50-28-26-48(58-50)46-24-22-44(56-46)42-19-15-40(16-20-42)38-11-7-36(8-12-38)34(3)4/h5-34H,1-4H3. The Labute approximate surface area is 377 Å². The topological polar surface area (TPSA) is 0 Å². The minimum atomic E-state index is 0.548. The van der Waals surface area contributed by atoms with E-state index in [4.69, 9.17) is 0 Å². The molecule has 0 nitrogen and oxygen atoms in total. The van der Waals surface area contributed by atoms with E-state index in [2.05, 4.69) is 198 Å². The van der Waals surface area contributed by atoms with Crippen molar-refractivity contribution in [3.63, 3.8) is 0 Å². The minimum absolute atomic E-state index is 0.548. The van der Waals surface area contributed by atoms with Gasteiger partial charge in [0, 0.05) is 58.5 Å². The summed E-state index contributed by atoms with van der Waals surface area (Å²) in [5.41, 5.74) is 10.3. The van der Waals surface area contributed by atoms with Crippen molar-refractivity contribution in [1.29, 1.82) is 0 Å². The van der Waals surface area contributed by atoms with E-state index < -0.39 is 0 Å². The molecule has 0 amide bonds. The highest BCUT2D eigenvalue weighted by Crippen LogP contribution is 2.47. The fourth-order valence-electron chi connectivity index (χ4n) is 7.44. The Morgan fingerprint density at radius 1 is 0.200 bits per heavy atom. The van der Waals surface area contributed by atoms with Crippen LogP contribution in [0, 0.1) is 0 Å². The van der Waals surface area contributed by atoms with E-state index in [-0.39, 0.29) is 0 Å². The Kier molecular flexibility index (Phi) is 11.0. The molecule has 0 aliphatic carbocycles. The SMILES string of the molecule is CC(C)c1ccc(-c2ccc(-c3ccc(-c4ccc(-c5ccc(-c6ccc(-c7ccc(-c8ccc(-c9ccc(-c%10ccc(C(C)C)cc%10)cc9)s8)s7)s6)s5)s4)s3)cc2)cc1. The Bertz CT molecular complexity index is 2800. The van der Waals surface area contributed by atoms with Gasteiger partial charge in [0.1, 0.15) is 0 Å². The summed E-state index contributed by atoms with van der Waals surface area (Å²) >= 11 is 11.3. The molecule has 0 saturated carbocycles. The largest absolute Gasteiger partial charge is 0.134 e. The van der Waals surface area contributed by atoms with Crippen molar-refractivity contribution < 1.29 is 0 Å². The smallest absolute Gasteiger partial charge is 0.0449 e. The lowest BCUT2D eigenvalue weighted by Crippen LogP contribution is -1.86. The maximum Gasteiger partial charge on any atom is 0.0449 e. The number of hydrogen-bond acceptors (Lipinski definition) is 6. The molecule has 10 rings (SSSR count). The van der Waals surface area contributed by atoms with E-state index in [9.17, 15) is 0 Å². The Morgan fingerprint density at radius 2 is 0.367 bits per heavy atom. The average Bonchev–Trinajstić information content (AvgIpc) is 4.14. The van der Waals surface area contributed by atoms with Gasteiger partial charge in [-0.1, -0.05) is 125 Å². The van der Waals surface area contributed by atoms with E-state index in [1.807, 2.05) is 68.0 Å². The van der Waals surface area contributed by atoms with Crippen LogP contribution >= 0.6 is 68.0 Å². The molecule has 0 fully saturated rings. The first-order valence-electron chi connectivity index (χ1n) is 20.3. The summed E-state index contributed by atoms with van der Waals surface area (Å²) in [6.45, 7) is 8.97. The van der Waals surface area contributed by atoms with Crippen molar-refractivity contribution in [2.45, 2.75) is 39.5 Å². The quantitative estimate of drug-likeness (QED) is 0.121. The zero-order chi connectivity index (χ0) is 40.7. The molecule has 60 heavy (non-hydrogen) atoms. The van der Waals surface area contributed by atoms with Crippen LogP contribution < -0.4 is 0 Å². The average molecular weight is 883 g/mol. The van der Waals surface area contributed by atoms with Crippen molar-refractivity contribution in [2.24, 2.45) is 0 Å². The van der Waals surface area contributed by atoms with Gasteiger partial charge in [0.25, 0.3) is 0 Å². The first-order chi connectivity index (χ1) is 29.3. The van der Waals surface area contributed by atoms with E-state index in [0.29, 0.717) is 11.8 Å². The molecule has 0 aliphatic rings. The van der Waals surface area contributed by atoms with Gasteiger partial charge in [-0.25, -0.2) is 0 Å². The highest BCUT2D eigenvalue weighted by Gasteiger charge is 2.15. The van der Waals surface area contributed by atoms with Crippen LogP contribution in [0.5, 0.6) is 0 Å². The van der Waals surface area contributed by atoms with Crippen molar-refractivity contribution in [2.75, 3.05) is 0 Å². The van der Waals surface area contributed by atoms with Crippen molar-refractivity contribution in [3.05, 3.63) is 181 Å². The second-order valence-electron chi connectivity index (χ2n) is 15.7. The van der Waals surface area contributed by atoms with Gasteiger partial charge in [0.15, 0.2) is 0 Å². The Hall–Kier alpha value is -4.92. The third kappa shape index (κ3) is 8.13. The van der Waals surface area contributed by atoms with E-state index in [1.54, 1.807) is 0 Å². The predicted octanol–water partition coefficient (Wildman–Crippen LogP) is 19.3. The summed E-state index contributed by atoms with van der Waals surface area (Å²) < 4.78 is 0. The van der Waals surface area contributed by atoms with Crippen molar-refractivity contribution in [1.82, 2.24) is 0 Å². The summed E-state index contributed by atoms with van der Waals surface area (Å²) in [6, 6.07) is 63.4. The molecule has 0 bridgehead atoms. The second kappa shape index (κ2) is 16.9. The molecule has 294 valence electrons. The molecule has 0 saturated heterocycles. The van der Waals surface area contributed by atoms with Gasteiger partial charge in [-0.15, -0.1) is 68.0 Å². The van der Waals surface area contributed by atoms with Gasteiger partial charge in [-0.2, -0.15) is 0 Å². The van der Waals surface area contributed by atoms with Gasteiger partial charge >= 0.3 is 0 Å². The van der Waals surface area contributed by atoms with Gasteiger partial charge < -0.3 is 0 Å². The third-order valence-electron chi connectivity index (χ3n) is 11.0. The summed E-state index contributed by atoms with van der Waals surface area (Å²) in [5.74, 6) is 1.10. The molecule has 4 aromatic carbocycles. The maximum absolute atomic E-state index is 2.29. The van der Waals surface area contributed by atoms with Crippen LogP contribution in [-0.4, -0.2) is 0 Å². The van der Waals surface area contributed by atoms with Crippen molar-refractivity contribution >= 4 is 68.0 Å². The summed E-state index contributed by atoms with van der Waals surface area (Å²) in [5, 5.41) is 0. The first-order valence-corrected chi connectivity index (χ1v) is 25.2. The van der Waals surface area contributed by atoms with Gasteiger partial charge in [0.05, 0.1) is 0 Å². The minimum Gasteiger partial charge on any atom is -0.134 e. The lowest BCUT2D eigenvalue weighted by molar-refractivity contribution is 0.867. The van der Waals surface area contributed by atoms with Crippen LogP contribution in [-0.2, 0) is 0 Å². The van der Waals surface area contributed by atoms with E-state index in [0.717, 1.165) is 0 Å². The zero-order valence-electron chi connectivity index (χ0n) is 33.8. The number of hydrogen-bond donors (Lipinski definition) is 0. The molecule has 0 atom stereocenters. The van der Waals surface area contributed by atoms with E-state index in [1.165, 1.54) is 103 Å². The maximum atomic E-state index is 2.29. The fourth-order valence-corrected chi connectivity index (χ4v) is 13.9. The van der Waals surface area contributed by atoms with Crippen LogP contribution in [0.3, 0.4) is 0 Å². The number of thiophene rings is 6. The van der Waals surface area contributed by atoms with Crippen LogP contribution in [0.4, 0.5) is 0 Å². The lowest BCUT2D eigenvalue weighted by Gasteiger charge is -2.07. The molecule has 0 unspecified atom stereocenters. The van der Waals surface area contributed by atoms with Gasteiger partial charge in [-0.05, 0) is 129 Å². The molecule has 0 N–H and O–H groups in total. The number of benzene rings is 4. The third-order valence-corrected chi connectivity index (χ3v) is 18.6. The second-order valence-corrected chi connectivity index (χ2v) is 22.2. The lowest BCUT2D eigenvalue weighted by atomic mass is 9.98. The molecule has 10 aromatic rings. The number of rotatable bonds is 11. The Morgan fingerprint density at radius 3 is 0.583 bits per heavy atom. The molecule has 0 aliphatic heterocycles. The molecule has 6 aromatic heterocycles. The highest BCUT2D eigenvalue weighted by molar-refractivity contribution is 7.30. The normalized spacial score (nSPS) is 11.6. The summed E-state index contributed by atoms with van der Waals surface area (Å²) in [4.78, 5) is 15.8. The van der Waals surface area contributed by atoms with Crippen LogP contribution in [0.15, 0.2) is 170 Å². The predicted molar refractivity (Wildman–Crippen MR) is 271 cm³/mol. The highest BCUT2D eigenvalue weighted by atomic mass is 32.1. The van der Waals surface area contributed by atoms with Gasteiger partial charge in [-0.3, -0.25) is 0 Å². The van der Waals surface area contributed by atoms with Gasteiger partial charge in [0.2, 0.25) is 0 Å². The summed E-state index contributed by atoms with van der Waals surface area (Å²) in [6.07, 6.45) is 0. The van der Waals surface area contributed by atoms with Crippen LogP contribution in [0.1, 0.15) is 50.7 Å². The van der Waals surface area contributed by atoms with Crippen LogP contribution in [0.25, 0.3) is 91.9 Å². The first kappa shape index (κ1) is 39.2. The van der Waals surface area contributed by atoms with Crippen molar-refractivity contribution in [3.8, 4) is 91.9 Å². The zero-order valence-corrected chi connectivity index (χ0v) is 38.7. The molecule has 0 radical (unpaired) electrons. The van der Waals surface area contributed by atoms with E-state index >= 15 is 0 Å². The molecular formula is C54H42S6. The Balaban J connectivity index is 0.787. The molecule has 6 heterocycles. The monoisotopic (exact) mass is 882 g/mol. The molecular weight excluding hydrogens is 841 g/mol. The molecule has 6 heteroatoms. The fraction of sp³-hybridized carbons (Fsp3) is 0.111. The molecule has 0 spiro atoms. The van der Waals surface area contributed by atoms with Crippen LogP contribution in [0.2, 0.25) is 0 Å². The summed E-state index contributed by atoms with van der Waals surface area (Å²) in [7, 11) is 0.